The zero-order chi connectivity index (χ0) is 25.6. The Hall–Kier alpha value is -3.75. The van der Waals surface area contributed by atoms with Crippen LogP contribution in [0, 0.1) is 0 Å². The molecule has 0 aliphatic carbocycles. The maximum Gasteiger partial charge on any atom is 0.254 e. The fourth-order valence-corrected chi connectivity index (χ4v) is 4.99. The van der Waals surface area contributed by atoms with Gasteiger partial charge in [-0.1, -0.05) is 24.3 Å². The summed E-state index contributed by atoms with van der Waals surface area (Å²) in [5.74, 6) is 1.74. The molecule has 2 aromatic heterocycles. The highest BCUT2D eigenvalue weighted by atomic mass is 16.5. The maximum atomic E-state index is 13.3. The van der Waals surface area contributed by atoms with E-state index in [1.807, 2.05) is 73.2 Å². The van der Waals surface area contributed by atoms with Gasteiger partial charge in [0.05, 0.1) is 0 Å². The highest BCUT2D eigenvalue weighted by molar-refractivity contribution is 5.94. The van der Waals surface area contributed by atoms with Gasteiger partial charge in [0.15, 0.2) is 5.65 Å². The SMILES string of the molecule is CNCCN1CCC(c2cc(CN(C)C(=O)c3cccc(Oc4ccccc4)c3)cc3ncnn23)CC1. The molecule has 0 spiro atoms. The van der Waals surface area contributed by atoms with E-state index in [1.165, 1.54) is 5.69 Å². The van der Waals surface area contributed by atoms with Gasteiger partial charge in [-0.3, -0.25) is 4.79 Å². The summed E-state index contributed by atoms with van der Waals surface area (Å²) in [5, 5.41) is 7.73. The van der Waals surface area contributed by atoms with Gasteiger partial charge >= 0.3 is 0 Å². The van der Waals surface area contributed by atoms with E-state index in [0.29, 0.717) is 23.8 Å². The van der Waals surface area contributed by atoms with Gasteiger partial charge in [-0.2, -0.15) is 5.10 Å². The minimum Gasteiger partial charge on any atom is -0.457 e. The number of aromatic nitrogens is 3. The summed E-state index contributed by atoms with van der Waals surface area (Å²) in [7, 11) is 3.83. The lowest BCUT2D eigenvalue weighted by Gasteiger charge is -2.32. The molecule has 1 fully saturated rings. The Morgan fingerprint density at radius 1 is 1.05 bits per heavy atom. The number of para-hydroxylation sites is 1. The van der Waals surface area contributed by atoms with Gasteiger partial charge < -0.3 is 19.9 Å². The molecule has 1 aliphatic rings. The Kier molecular flexibility index (Phi) is 7.77. The van der Waals surface area contributed by atoms with Crippen LogP contribution in [0.25, 0.3) is 5.65 Å². The summed E-state index contributed by atoms with van der Waals surface area (Å²) in [6, 6.07) is 21.1. The largest absolute Gasteiger partial charge is 0.457 e. The van der Waals surface area contributed by atoms with Crippen LogP contribution >= 0.6 is 0 Å². The second-order valence-corrected chi connectivity index (χ2v) is 9.64. The minimum atomic E-state index is -0.0563. The fraction of sp³-hybridized carbons (Fsp3) is 0.345. The number of nitrogens with one attached hydrogen (secondary N) is 1. The average molecular weight is 499 g/mol. The van der Waals surface area contributed by atoms with Crippen molar-refractivity contribution in [2.45, 2.75) is 25.3 Å². The summed E-state index contributed by atoms with van der Waals surface area (Å²) in [6.45, 7) is 4.72. The first-order valence-electron chi connectivity index (χ1n) is 12.9. The van der Waals surface area contributed by atoms with Crippen molar-refractivity contribution >= 4 is 11.6 Å². The summed E-state index contributed by atoms with van der Waals surface area (Å²) >= 11 is 0. The number of ether oxygens (including phenoxy) is 1. The Bertz CT molecular complexity index is 1330. The zero-order valence-corrected chi connectivity index (χ0v) is 21.5. The molecule has 8 heteroatoms. The molecule has 4 aromatic rings. The van der Waals surface area contributed by atoms with Crippen LogP contribution in [-0.2, 0) is 6.54 Å². The number of rotatable bonds is 9. The van der Waals surface area contributed by atoms with Crippen LogP contribution in [0.15, 0.2) is 73.1 Å². The summed E-state index contributed by atoms with van der Waals surface area (Å²) in [4.78, 5) is 22.0. The average Bonchev–Trinajstić information content (AvgIpc) is 3.41. The van der Waals surface area contributed by atoms with Crippen LogP contribution in [0.2, 0.25) is 0 Å². The van der Waals surface area contributed by atoms with Crippen LogP contribution in [0.5, 0.6) is 11.5 Å². The fourth-order valence-electron chi connectivity index (χ4n) is 4.99. The zero-order valence-electron chi connectivity index (χ0n) is 21.5. The number of benzene rings is 2. The van der Waals surface area contributed by atoms with Crippen LogP contribution < -0.4 is 10.1 Å². The van der Waals surface area contributed by atoms with E-state index in [0.717, 1.165) is 56.0 Å². The van der Waals surface area contributed by atoms with Crippen LogP contribution in [0.1, 0.15) is 40.4 Å². The number of nitrogens with zero attached hydrogens (tertiary/aromatic N) is 5. The maximum absolute atomic E-state index is 13.3. The molecule has 8 nitrogen and oxygen atoms in total. The van der Waals surface area contributed by atoms with E-state index >= 15 is 0 Å². The van der Waals surface area contributed by atoms with Crippen molar-refractivity contribution < 1.29 is 9.53 Å². The summed E-state index contributed by atoms with van der Waals surface area (Å²) in [5.41, 5.74) is 3.65. The quantitative estimate of drug-likeness (QED) is 0.373. The molecule has 5 rings (SSSR count). The van der Waals surface area contributed by atoms with E-state index in [2.05, 4.69) is 26.4 Å². The number of fused-ring (bicyclic) bond motifs is 1. The number of pyridine rings is 1. The number of hydrogen-bond acceptors (Lipinski definition) is 6. The molecule has 1 amide bonds. The third-order valence-electron chi connectivity index (χ3n) is 6.98. The van der Waals surface area contributed by atoms with Crippen molar-refractivity contribution in [3.8, 4) is 11.5 Å². The molecule has 1 N–H and O–H groups in total. The van der Waals surface area contributed by atoms with Crippen LogP contribution in [-0.4, -0.2) is 70.6 Å². The lowest BCUT2D eigenvalue weighted by atomic mass is 9.92. The third-order valence-corrected chi connectivity index (χ3v) is 6.98. The van der Waals surface area contributed by atoms with Gasteiger partial charge in [-0.25, -0.2) is 9.50 Å². The van der Waals surface area contributed by atoms with Gasteiger partial charge in [0, 0.05) is 43.9 Å². The van der Waals surface area contributed by atoms with Crippen molar-refractivity contribution in [2.75, 3.05) is 40.3 Å². The van der Waals surface area contributed by atoms with Crippen molar-refractivity contribution in [3.63, 3.8) is 0 Å². The molecular weight excluding hydrogens is 464 g/mol. The smallest absolute Gasteiger partial charge is 0.254 e. The molecule has 0 unspecified atom stereocenters. The minimum absolute atomic E-state index is 0.0563. The molecule has 2 aromatic carbocycles. The van der Waals surface area contributed by atoms with Crippen molar-refractivity contribution in [1.82, 2.24) is 29.7 Å². The standard InChI is InChI=1S/C29H34N6O2/c1-30-13-16-34-14-11-23(12-15-34)27-17-22(18-28-31-21-32-35(27)28)20-33(2)29(36)24-7-6-10-26(19-24)37-25-8-4-3-5-9-25/h3-10,17-19,21,23,30H,11-16,20H2,1-2H3. The van der Waals surface area contributed by atoms with E-state index < -0.39 is 0 Å². The summed E-state index contributed by atoms with van der Waals surface area (Å²) in [6.07, 6.45) is 3.79. The molecule has 1 saturated heterocycles. The Morgan fingerprint density at radius 2 is 1.84 bits per heavy atom. The Balaban J connectivity index is 1.29. The molecular formula is C29H34N6O2. The van der Waals surface area contributed by atoms with Gasteiger partial charge in [0.1, 0.15) is 17.8 Å². The molecule has 192 valence electrons. The van der Waals surface area contributed by atoms with Crippen molar-refractivity contribution in [2.24, 2.45) is 0 Å². The third kappa shape index (κ3) is 5.98. The lowest BCUT2D eigenvalue weighted by Crippen LogP contribution is -2.37. The molecule has 0 bridgehead atoms. The van der Waals surface area contributed by atoms with Gasteiger partial charge in [0.25, 0.3) is 5.91 Å². The number of likely N-dealkylation sites (tertiary alicyclic amines) is 1. The van der Waals surface area contributed by atoms with Crippen molar-refractivity contribution in [1.29, 1.82) is 0 Å². The predicted molar refractivity (Wildman–Crippen MR) is 144 cm³/mol. The van der Waals surface area contributed by atoms with Gasteiger partial charge in [-0.05, 0) is 81.0 Å². The molecule has 37 heavy (non-hydrogen) atoms. The number of hydrogen-bond donors (Lipinski definition) is 1. The van der Waals surface area contributed by atoms with E-state index in [9.17, 15) is 4.79 Å². The summed E-state index contributed by atoms with van der Waals surface area (Å²) < 4.78 is 7.88. The van der Waals surface area contributed by atoms with Crippen LogP contribution in [0.3, 0.4) is 0 Å². The second kappa shape index (κ2) is 11.5. The molecule has 1 aliphatic heterocycles. The monoisotopic (exact) mass is 498 g/mol. The van der Waals surface area contributed by atoms with Gasteiger partial charge in [-0.15, -0.1) is 0 Å². The number of likely N-dealkylation sites (N-methyl/N-ethyl adjacent to an activating group) is 1. The second-order valence-electron chi connectivity index (χ2n) is 9.64. The first kappa shape index (κ1) is 24.9. The first-order valence-corrected chi connectivity index (χ1v) is 12.9. The molecule has 0 saturated carbocycles. The molecule has 0 radical (unpaired) electrons. The van der Waals surface area contributed by atoms with Crippen molar-refractivity contribution in [3.05, 3.63) is 89.9 Å². The normalized spacial score (nSPS) is 14.6. The highest BCUT2D eigenvalue weighted by Crippen LogP contribution is 2.29. The number of piperidine rings is 1. The van der Waals surface area contributed by atoms with E-state index in [-0.39, 0.29) is 5.91 Å². The van der Waals surface area contributed by atoms with E-state index in [1.54, 1.807) is 17.3 Å². The highest BCUT2D eigenvalue weighted by Gasteiger charge is 2.24. The lowest BCUT2D eigenvalue weighted by molar-refractivity contribution is 0.0784. The Morgan fingerprint density at radius 3 is 2.62 bits per heavy atom. The predicted octanol–water partition coefficient (Wildman–Crippen LogP) is 4.19. The Labute approximate surface area is 217 Å². The number of amides is 1. The van der Waals surface area contributed by atoms with Gasteiger partial charge in [0.2, 0.25) is 0 Å². The van der Waals surface area contributed by atoms with Crippen LogP contribution in [0.4, 0.5) is 0 Å². The number of carbonyl (C=O) groups excluding carboxylic acids is 1. The number of carbonyl (C=O) groups is 1. The first-order chi connectivity index (χ1) is 18.1. The molecule has 0 atom stereocenters. The topological polar surface area (TPSA) is 75.0 Å². The van der Waals surface area contributed by atoms with E-state index in [4.69, 9.17) is 4.74 Å². The molecule has 3 heterocycles.